The highest BCUT2D eigenvalue weighted by Gasteiger charge is 2.25. The lowest BCUT2D eigenvalue weighted by Gasteiger charge is -2.28. The van der Waals surface area contributed by atoms with Crippen LogP contribution in [0, 0.1) is 0 Å². The topological polar surface area (TPSA) is 40.7 Å². The average Bonchev–Trinajstić information content (AvgIpc) is 3.28. The molecule has 0 saturated carbocycles. The van der Waals surface area contributed by atoms with Crippen LogP contribution in [0.5, 0.6) is 5.75 Å². The van der Waals surface area contributed by atoms with E-state index in [1.54, 1.807) is 0 Å². The molecular formula is C20H27N3O2S. The number of fused-ring (bicyclic) bond motifs is 1. The van der Waals surface area contributed by atoms with E-state index < -0.39 is 0 Å². The van der Waals surface area contributed by atoms with Gasteiger partial charge in [0, 0.05) is 43.1 Å². The highest BCUT2D eigenvalue weighted by atomic mass is 32.1. The monoisotopic (exact) mass is 373 g/mol. The number of thiocarbonyl (C=S) groups is 1. The summed E-state index contributed by atoms with van der Waals surface area (Å²) >= 11 is 5.67. The highest BCUT2D eigenvalue weighted by Crippen LogP contribution is 2.25. The SMILES string of the molecule is CC(C)N1CCC(Oc2ccc3[nH]c(C(=S)N4CCOCC4)cc3c2)C1. The van der Waals surface area contributed by atoms with E-state index in [9.17, 15) is 0 Å². The van der Waals surface area contributed by atoms with Crippen LogP contribution < -0.4 is 4.74 Å². The number of benzene rings is 1. The maximum Gasteiger partial charge on any atom is 0.125 e. The molecule has 1 aromatic carbocycles. The zero-order valence-corrected chi connectivity index (χ0v) is 16.3. The summed E-state index contributed by atoms with van der Waals surface area (Å²) in [4.78, 5) is 9.00. The molecule has 1 unspecified atom stereocenters. The molecular weight excluding hydrogens is 346 g/mol. The zero-order chi connectivity index (χ0) is 18.1. The van der Waals surface area contributed by atoms with E-state index in [0.717, 1.165) is 73.1 Å². The van der Waals surface area contributed by atoms with Gasteiger partial charge in [0.2, 0.25) is 0 Å². The molecule has 2 aliphatic heterocycles. The number of hydrogen-bond donors (Lipinski definition) is 1. The Hall–Kier alpha value is -1.63. The molecule has 1 aromatic heterocycles. The van der Waals surface area contributed by atoms with E-state index in [-0.39, 0.29) is 6.10 Å². The van der Waals surface area contributed by atoms with Gasteiger partial charge in [-0.25, -0.2) is 0 Å². The fourth-order valence-electron chi connectivity index (χ4n) is 3.75. The van der Waals surface area contributed by atoms with Crippen LogP contribution in [0.2, 0.25) is 0 Å². The van der Waals surface area contributed by atoms with Gasteiger partial charge in [-0.2, -0.15) is 0 Å². The van der Waals surface area contributed by atoms with Crippen LogP contribution in [0.3, 0.4) is 0 Å². The van der Waals surface area contributed by atoms with Crippen molar-refractivity contribution in [1.82, 2.24) is 14.8 Å². The van der Waals surface area contributed by atoms with Crippen molar-refractivity contribution in [2.24, 2.45) is 0 Å². The highest BCUT2D eigenvalue weighted by molar-refractivity contribution is 7.80. The fraction of sp³-hybridized carbons (Fsp3) is 0.550. The molecule has 26 heavy (non-hydrogen) atoms. The lowest BCUT2D eigenvalue weighted by Crippen LogP contribution is -2.40. The number of aromatic amines is 1. The maximum atomic E-state index is 6.23. The predicted octanol–water partition coefficient (Wildman–Crippen LogP) is 3.04. The van der Waals surface area contributed by atoms with Crippen molar-refractivity contribution in [1.29, 1.82) is 0 Å². The Balaban J connectivity index is 1.46. The molecule has 0 amide bonds. The lowest BCUT2D eigenvalue weighted by molar-refractivity contribution is 0.0692. The van der Waals surface area contributed by atoms with Crippen molar-refractivity contribution in [2.45, 2.75) is 32.4 Å². The van der Waals surface area contributed by atoms with Gasteiger partial charge >= 0.3 is 0 Å². The van der Waals surface area contributed by atoms with Crippen molar-refractivity contribution in [2.75, 3.05) is 39.4 Å². The Labute approximate surface area is 160 Å². The second-order valence-electron chi connectivity index (χ2n) is 7.45. The van der Waals surface area contributed by atoms with Crippen molar-refractivity contribution in [3.8, 4) is 5.75 Å². The molecule has 2 aliphatic rings. The van der Waals surface area contributed by atoms with Crippen LogP contribution in [-0.4, -0.2) is 71.3 Å². The summed E-state index contributed by atoms with van der Waals surface area (Å²) in [5, 5.41) is 1.15. The molecule has 4 rings (SSSR count). The van der Waals surface area contributed by atoms with Gasteiger partial charge in [0.1, 0.15) is 16.8 Å². The molecule has 1 N–H and O–H groups in total. The van der Waals surface area contributed by atoms with Crippen LogP contribution in [0.4, 0.5) is 0 Å². The third kappa shape index (κ3) is 3.72. The number of morpholine rings is 1. The molecule has 140 valence electrons. The molecule has 0 aliphatic carbocycles. The number of rotatable bonds is 4. The number of likely N-dealkylation sites (tertiary alicyclic amines) is 1. The summed E-state index contributed by atoms with van der Waals surface area (Å²) in [5.74, 6) is 0.941. The van der Waals surface area contributed by atoms with Crippen LogP contribution in [0.1, 0.15) is 26.0 Å². The number of H-pyrrole nitrogens is 1. The minimum Gasteiger partial charge on any atom is -0.489 e. The van der Waals surface area contributed by atoms with E-state index in [1.165, 1.54) is 0 Å². The standard InChI is InChI=1S/C20H27N3O2S/c1-14(2)23-6-5-17(13-23)25-16-3-4-18-15(11-16)12-19(21-18)20(26)22-7-9-24-10-8-22/h3-4,11-12,14,17,21H,5-10,13H2,1-2H3. The first-order valence-electron chi connectivity index (χ1n) is 9.50. The van der Waals surface area contributed by atoms with E-state index in [4.69, 9.17) is 21.7 Å². The van der Waals surface area contributed by atoms with E-state index >= 15 is 0 Å². The van der Waals surface area contributed by atoms with E-state index in [1.807, 2.05) is 0 Å². The van der Waals surface area contributed by atoms with Crippen molar-refractivity contribution in [3.63, 3.8) is 0 Å². The van der Waals surface area contributed by atoms with Gasteiger partial charge in [0.25, 0.3) is 0 Å². The van der Waals surface area contributed by atoms with Crippen LogP contribution in [0.15, 0.2) is 24.3 Å². The van der Waals surface area contributed by atoms with Gasteiger partial charge in [0.05, 0.1) is 18.9 Å². The molecule has 0 bridgehead atoms. The lowest BCUT2D eigenvalue weighted by atomic mass is 10.2. The Bertz CT molecular complexity index is 782. The predicted molar refractivity (Wildman–Crippen MR) is 108 cm³/mol. The van der Waals surface area contributed by atoms with Crippen LogP contribution in [0.25, 0.3) is 10.9 Å². The van der Waals surface area contributed by atoms with Gasteiger partial charge in [-0.3, -0.25) is 4.90 Å². The van der Waals surface area contributed by atoms with Gasteiger partial charge in [0.15, 0.2) is 0 Å². The normalized spacial score (nSPS) is 21.7. The van der Waals surface area contributed by atoms with Crippen molar-refractivity contribution < 1.29 is 9.47 Å². The molecule has 3 heterocycles. The minimum absolute atomic E-state index is 0.280. The summed E-state index contributed by atoms with van der Waals surface area (Å²) in [5.41, 5.74) is 2.10. The molecule has 0 spiro atoms. The molecule has 2 saturated heterocycles. The number of hydrogen-bond acceptors (Lipinski definition) is 4. The summed E-state index contributed by atoms with van der Waals surface area (Å²) < 4.78 is 11.6. The number of aromatic nitrogens is 1. The Morgan fingerprint density at radius 3 is 2.77 bits per heavy atom. The molecule has 6 heteroatoms. The molecule has 1 atom stereocenters. The smallest absolute Gasteiger partial charge is 0.125 e. The second-order valence-corrected chi connectivity index (χ2v) is 7.84. The second kappa shape index (κ2) is 7.55. The quantitative estimate of drug-likeness (QED) is 0.835. The molecule has 2 fully saturated rings. The summed E-state index contributed by atoms with van der Waals surface area (Å²) in [6, 6.07) is 8.98. The Kier molecular flexibility index (Phi) is 5.16. The Morgan fingerprint density at radius 1 is 1.23 bits per heavy atom. The third-order valence-corrected chi connectivity index (χ3v) is 5.81. The number of nitrogens with zero attached hydrogens (tertiary/aromatic N) is 2. The van der Waals surface area contributed by atoms with E-state index in [2.05, 4.69) is 52.9 Å². The first-order valence-corrected chi connectivity index (χ1v) is 9.91. The first kappa shape index (κ1) is 17.8. The summed E-state index contributed by atoms with van der Waals surface area (Å²) in [6.07, 6.45) is 1.37. The minimum atomic E-state index is 0.280. The average molecular weight is 374 g/mol. The number of nitrogens with one attached hydrogen (secondary N) is 1. The first-order chi connectivity index (χ1) is 12.6. The van der Waals surface area contributed by atoms with Crippen molar-refractivity contribution >= 4 is 28.1 Å². The summed E-state index contributed by atoms with van der Waals surface area (Å²) in [6.45, 7) is 9.82. The van der Waals surface area contributed by atoms with E-state index in [0.29, 0.717) is 6.04 Å². The largest absolute Gasteiger partial charge is 0.489 e. The maximum absolute atomic E-state index is 6.23. The van der Waals surface area contributed by atoms with Crippen molar-refractivity contribution in [3.05, 3.63) is 30.0 Å². The van der Waals surface area contributed by atoms with Crippen LogP contribution >= 0.6 is 12.2 Å². The van der Waals surface area contributed by atoms with Gasteiger partial charge < -0.3 is 19.4 Å². The Morgan fingerprint density at radius 2 is 2.04 bits per heavy atom. The molecule has 0 radical (unpaired) electrons. The molecule has 2 aromatic rings. The zero-order valence-electron chi connectivity index (χ0n) is 15.5. The van der Waals surface area contributed by atoms with Crippen LogP contribution in [-0.2, 0) is 4.74 Å². The third-order valence-electron chi connectivity index (χ3n) is 5.33. The number of ether oxygens (including phenoxy) is 2. The van der Waals surface area contributed by atoms with Gasteiger partial charge in [-0.05, 0) is 44.5 Å². The summed E-state index contributed by atoms with van der Waals surface area (Å²) in [7, 11) is 0. The van der Waals surface area contributed by atoms with Gasteiger partial charge in [-0.15, -0.1) is 0 Å². The van der Waals surface area contributed by atoms with Gasteiger partial charge in [-0.1, -0.05) is 12.2 Å². The fourth-order valence-corrected chi connectivity index (χ4v) is 4.04. The molecule has 5 nitrogen and oxygen atoms in total.